The molecule has 0 aliphatic heterocycles. The smallest absolute Gasteiger partial charge is 0.317 e. The molecule has 0 saturated carbocycles. The largest absolute Gasteiger partial charge is 0.465 e. The molecule has 1 aromatic rings. The molecule has 1 heterocycles. The fourth-order valence-electron chi connectivity index (χ4n) is 0.903. The number of halogens is 1. The zero-order valence-corrected chi connectivity index (χ0v) is 8.29. The second-order valence-corrected chi connectivity index (χ2v) is 2.63. The summed E-state index contributed by atoms with van der Waals surface area (Å²) in [6.45, 7) is 2.04. The Balaban J connectivity index is 2.59. The summed E-state index contributed by atoms with van der Waals surface area (Å²) in [5, 5.41) is 0. The SMILES string of the molecule is CCOC(=O)CC#Cc1cccnc1F. The number of esters is 1. The van der Waals surface area contributed by atoms with Crippen molar-refractivity contribution in [3.05, 3.63) is 29.8 Å². The van der Waals surface area contributed by atoms with Crippen molar-refractivity contribution in [2.75, 3.05) is 6.61 Å². The van der Waals surface area contributed by atoms with Crippen LogP contribution in [0.3, 0.4) is 0 Å². The summed E-state index contributed by atoms with van der Waals surface area (Å²) in [6, 6.07) is 3.08. The van der Waals surface area contributed by atoms with Crippen LogP contribution in [0.5, 0.6) is 0 Å². The van der Waals surface area contributed by atoms with E-state index in [1.54, 1.807) is 13.0 Å². The topological polar surface area (TPSA) is 39.2 Å². The average Bonchev–Trinajstić information content (AvgIpc) is 2.21. The monoisotopic (exact) mass is 207 g/mol. The number of pyridine rings is 1. The van der Waals surface area contributed by atoms with Crippen LogP contribution < -0.4 is 0 Å². The van der Waals surface area contributed by atoms with Crippen LogP contribution in [0.15, 0.2) is 18.3 Å². The van der Waals surface area contributed by atoms with Crippen LogP contribution in [0.25, 0.3) is 0 Å². The normalized spacial score (nSPS) is 8.93. The molecule has 0 unspecified atom stereocenters. The van der Waals surface area contributed by atoms with Crippen LogP contribution in [0.4, 0.5) is 4.39 Å². The van der Waals surface area contributed by atoms with Crippen molar-refractivity contribution in [3.63, 3.8) is 0 Å². The molecule has 1 aromatic heterocycles. The molecule has 0 spiro atoms. The lowest BCUT2D eigenvalue weighted by atomic mass is 10.2. The van der Waals surface area contributed by atoms with Gasteiger partial charge in [-0.2, -0.15) is 4.39 Å². The summed E-state index contributed by atoms with van der Waals surface area (Å²) in [5.74, 6) is 4.00. The first-order valence-corrected chi connectivity index (χ1v) is 4.49. The molecule has 4 heteroatoms. The van der Waals surface area contributed by atoms with Gasteiger partial charge in [0, 0.05) is 6.20 Å². The predicted octanol–water partition coefficient (Wildman–Crippen LogP) is 1.53. The van der Waals surface area contributed by atoms with Crippen molar-refractivity contribution in [3.8, 4) is 11.8 Å². The van der Waals surface area contributed by atoms with Crippen molar-refractivity contribution >= 4 is 5.97 Å². The molecule has 1 rings (SSSR count). The zero-order chi connectivity index (χ0) is 11.1. The second kappa shape index (κ2) is 5.76. The minimum atomic E-state index is -0.631. The molecule has 0 amide bonds. The minimum absolute atomic E-state index is 0.0395. The fraction of sp³-hybridized carbons (Fsp3) is 0.273. The molecule has 0 saturated heterocycles. The van der Waals surface area contributed by atoms with Crippen molar-refractivity contribution in [1.82, 2.24) is 4.98 Å². The molecular formula is C11H10FNO2. The molecule has 0 aliphatic carbocycles. The molecule has 0 aliphatic rings. The van der Waals surface area contributed by atoms with Gasteiger partial charge >= 0.3 is 5.97 Å². The number of carbonyl (C=O) groups excluding carboxylic acids is 1. The van der Waals surface area contributed by atoms with Gasteiger partial charge in [0.15, 0.2) is 0 Å². The number of ether oxygens (including phenoxy) is 1. The van der Waals surface area contributed by atoms with Gasteiger partial charge in [0.1, 0.15) is 6.42 Å². The molecule has 0 fully saturated rings. The quantitative estimate of drug-likeness (QED) is 0.419. The first-order chi connectivity index (χ1) is 7.24. The summed E-state index contributed by atoms with van der Waals surface area (Å²) in [4.78, 5) is 14.3. The van der Waals surface area contributed by atoms with Crippen LogP contribution in [0.2, 0.25) is 0 Å². The Morgan fingerprint density at radius 3 is 3.13 bits per heavy atom. The lowest BCUT2D eigenvalue weighted by molar-refractivity contribution is -0.141. The Morgan fingerprint density at radius 2 is 2.47 bits per heavy atom. The standard InChI is InChI=1S/C11H10FNO2/c1-2-15-10(14)7-3-5-9-6-4-8-13-11(9)12/h4,6,8H,2,7H2,1H3. The number of rotatable bonds is 2. The van der Waals surface area contributed by atoms with E-state index in [0.29, 0.717) is 6.61 Å². The van der Waals surface area contributed by atoms with Gasteiger partial charge in [0.25, 0.3) is 0 Å². The summed E-state index contributed by atoms with van der Waals surface area (Å²) < 4.78 is 17.6. The summed E-state index contributed by atoms with van der Waals surface area (Å²) in [7, 11) is 0. The van der Waals surface area contributed by atoms with Gasteiger partial charge in [0.05, 0.1) is 12.2 Å². The van der Waals surface area contributed by atoms with E-state index >= 15 is 0 Å². The molecule has 0 radical (unpaired) electrons. The number of aromatic nitrogens is 1. The van der Waals surface area contributed by atoms with E-state index in [4.69, 9.17) is 0 Å². The maximum Gasteiger partial charge on any atom is 0.317 e. The van der Waals surface area contributed by atoms with Gasteiger partial charge in [-0.25, -0.2) is 4.98 Å². The van der Waals surface area contributed by atoms with Crippen LogP contribution >= 0.6 is 0 Å². The highest BCUT2D eigenvalue weighted by Gasteiger charge is 1.98. The van der Waals surface area contributed by atoms with Gasteiger partial charge < -0.3 is 4.74 Å². The van der Waals surface area contributed by atoms with Gasteiger partial charge in [-0.3, -0.25) is 4.79 Å². The fourth-order valence-corrected chi connectivity index (χ4v) is 0.903. The van der Waals surface area contributed by atoms with Gasteiger partial charge in [-0.15, -0.1) is 0 Å². The van der Waals surface area contributed by atoms with E-state index in [1.165, 1.54) is 12.3 Å². The Kier molecular flexibility index (Phi) is 4.30. The average molecular weight is 207 g/mol. The minimum Gasteiger partial charge on any atom is -0.465 e. The van der Waals surface area contributed by atoms with E-state index in [1.807, 2.05) is 0 Å². The molecule has 0 bridgehead atoms. The molecule has 15 heavy (non-hydrogen) atoms. The van der Waals surface area contributed by atoms with E-state index in [9.17, 15) is 9.18 Å². The summed E-state index contributed by atoms with van der Waals surface area (Å²) in [6.07, 6.45) is 1.30. The van der Waals surface area contributed by atoms with Gasteiger partial charge in [-0.1, -0.05) is 11.8 Å². The molecule has 0 atom stereocenters. The Morgan fingerprint density at radius 1 is 1.67 bits per heavy atom. The van der Waals surface area contributed by atoms with E-state index < -0.39 is 11.9 Å². The maximum atomic E-state index is 12.9. The number of carbonyl (C=O) groups is 1. The molecular weight excluding hydrogens is 197 g/mol. The van der Waals surface area contributed by atoms with Crippen LogP contribution in [0, 0.1) is 17.8 Å². The van der Waals surface area contributed by atoms with E-state index in [2.05, 4.69) is 21.6 Å². The van der Waals surface area contributed by atoms with Crippen LogP contribution in [0.1, 0.15) is 18.9 Å². The lowest BCUT2D eigenvalue weighted by Crippen LogP contribution is -2.01. The molecule has 0 N–H and O–H groups in total. The number of nitrogens with zero attached hydrogens (tertiary/aromatic N) is 1. The highest BCUT2D eigenvalue weighted by Crippen LogP contribution is 2.00. The van der Waals surface area contributed by atoms with E-state index in [0.717, 1.165) is 0 Å². The zero-order valence-electron chi connectivity index (χ0n) is 8.29. The van der Waals surface area contributed by atoms with Gasteiger partial charge in [0.2, 0.25) is 5.95 Å². The second-order valence-electron chi connectivity index (χ2n) is 2.63. The lowest BCUT2D eigenvalue weighted by Gasteiger charge is -1.94. The third-order valence-electron chi connectivity index (χ3n) is 1.52. The Bertz CT molecular complexity index is 407. The molecule has 3 nitrogen and oxygen atoms in total. The molecule has 78 valence electrons. The van der Waals surface area contributed by atoms with Crippen molar-refractivity contribution in [2.24, 2.45) is 0 Å². The summed E-state index contributed by atoms with van der Waals surface area (Å²) >= 11 is 0. The van der Waals surface area contributed by atoms with Crippen molar-refractivity contribution in [2.45, 2.75) is 13.3 Å². The number of hydrogen-bond donors (Lipinski definition) is 0. The van der Waals surface area contributed by atoms with Crippen LogP contribution in [-0.2, 0) is 9.53 Å². The van der Waals surface area contributed by atoms with Crippen molar-refractivity contribution < 1.29 is 13.9 Å². The highest BCUT2D eigenvalue weighted by atomic mass is 19.1. The maximum absolute atomic E-state index is 12.9. The highest BCUT2D eigenvalue weighted by molar-refractivity contribution is 5.72. The van der Waals surface area contributed by atoms with Crippen LogP contribution in [-0.4, -0.2) is 17.6 Å². The predicted molar refractivity (Wildman–Crippen MR) is 52.3 cm³/mol. The first-order valence-electron chi connectivity index (χ1n) is 4.49. The third kappa shape index (κ3) is 3.77. The third-order valence-corrected chi connectivity index (χ3v) is 1.52. The Labute approximate surface area is 87.3 Å². The van der Waals surface area contributed by atoms with E-state index in [-0.39, 0.29) is 12.0 Å². The summed E-state index contributed by atoms with van der Waals surface area (Å²) in [5.41, 5.74) is 0.182. The van der Waals surface area contributed by atoms with Crippen molar-refractivity contribution in [1.29, 1.82) is 0 Å². The Hall–Kier alpha value is -1.89. The first kappa shape index (κ1) is 11.2. The number of hydrogen-bond acceptors (Lipinski definition) is 3. The van der Waals surface area contributed by atoms with Gasteiger partial charge in [-0.05, 0) is 19.1 Å². The molecule has 0 aromatic carbocycles.